The Morgan fingerprint density at radius 1 is 1.00 bits per heavy atom. The minimum Gasteiger partial charge on any atom is -0.383 e. The Morgan fingerprint density at radius 2 is 1.67 bits per heavy atom. The molecule has 0 radical (unpaired) electrons. The molecule has 2 N–H and O–H groups in total. The molecule has 0 unspecified atom stereocenters. The second-order valence-corrected chi connectivity index (χ2v) is 5.65. The van der Waals surface area contributed by atoms with E-state index < -0.39 is 17.6 Å². The smallest absolute Gasteiger partial charge is 0.383 e. The average Bonchev–Trinajstić information content (AvgIpc) is 2.51. The Kier molecular flexibility index (Phi) is 5.96. The topological polar surface area (TPSA) is 41.1 Å². The summed E-state index contributed by atoms with van der Waals surface area (Å²) in [6, 6.07) is 9.81. The van der Waals surface area contributed by atoms with E-state index in [9.17, 15) is 18.0 Å². The lowest BCUT2D eigenvalue weighted by Gasteiger charge is -2.14. The maximum absolute atomic E-state index is 12.9. The number of amides is 1. The van der Waals surface area contributed by atoms with E-state index in [1.54, 1.807) is 18.2 Å². The fourth-order valence-corrected chi connectivity index (χ4v) is 2.37. The molecule has 3 nitrogen and oxygen atoms in total. The largest absolute Gasteiger partial charge is 0.418 e. The first kappa shape index (κ1) is 18.4. The molecular weight excluding hydrogens is 364 g/mol. The number of carbonyl (C=O) groups excluding carboxylic acids is 1. The van der Waals surface area contributed by atoms with Crippen molar-refractivity contribution in [3.05, 3.63) is 58.1 Å². The van der Waals surface area contributed by atoms with Gasteiger partial charge in [-0.2, -0.15) is 13.2 Å². The van der Waals surface area contributed by atoms with Crippen molar-refractivity contribution in [2.24, 2.45) is 0 Å². The molecule has 2 aromatic carbocycles. The van der Waals surface area contributed by atoms with E-state index >= 15 is 0 Å². The summed E-state index contributed by atoms with van der Waals surface area (Å²) in [5.41, 5.74) is -0.604. The van der Waals surface area contributed by atoms with Crippen LogP contribution in [0.15, 0.2) is 42.5 Å². The maximum atomic E-state index is 12.9. The first-order valence-electron chi connectivity index (χ1n) is 6.93. The first-order valence-corrected chi connectivity index (χ1v) is 7.68. The number of alkyl halides is 3. The van der Waals surface area contributed by atoms with Gasteiger partial charge in [0.25, 0.3) is 0 Å². The monoisotopic (exact) mass is 376 g/mol. The number of para-hydroxylation sites is 1. The van der Waals surface area contributed by atoms with Gasteiger partial charge in [0.15, 0.2) is 0 Å². The Balaban J connectivity index is 1.94. The molecule has 0 atom stereocenters. The van der Waals surface area contributed by atoms with Crippen molar-refractivity contribution < 1.29 is 18.0 Å². The molecule has 1 amide bonds. The molecule has 128 valence electrons. The number of hydrogen-bond acceptors (Lipinski definition) is 2. The zero-order chi connectivity index (χ0) is 17.7. The van der Waals surface area contributed by atoms with E-state index in [4.69, 9.17) is 23.2 Å². The fraction of sp³-hybridized carbons (Fsp3) is 0.188. The maximum Gasteiger partial charge on any atom is 0.418 e. The number of anilines is 2. The molecule has 2 aromatic rings. The van der Waals surface area contributed by atoms with Crippen LogP contribution in [0.1, 0.15) is 12.0 Å². The summed E-state index contributed by atoms with van der Waals surface area (Å²) >= 11 is 11.9. The van der Waals surface area contributed by atoms with E-state index in [1.807, 2.05) is 0 Å². The summed E-state index contributed by atoms with van der Waals surface area (Å²) in [6.07, 6.45) is -4.56. The molecule has 0 saturated carbocycles. The van der Waals surface area contributed by atoms with Crippen LogP contribution in [0.3, 0.4) is 0 Å². The van der Waals surface area contributed by atoms with Crippen molar-refractivity contribution in [2.75, 3.05) is 17.2 Å². The Morgan fingerprint density at radius 3 is 2.38 bits per heavy atom. The lowest BCUT2D eigenvalue weighted by atomic mass is 10.1. The standard InChI is InChI=1S/C16H13Cl2F3N2O/c17-11-5-3-7-13(15(11)18)22-9-8-14(24)23-12-6-2-1-4-10(12)16(19,20)21/h1-7,22H,8-9H2,(H,23,24). The molecule has 0 saturated heterocycles. The van der Waals surface area contributed by atoms with Gasteiger partial charge in [-0.05, 0) is 24.3 Å². The van der Waals surface area contributed by atoms with E-state index in [-0.39, 0.29) is 18.7 Å². The Bertz CT molecular complexity index is 736. The Labute approximate surface area is 146 Å². The van der Waals surface area contributed by atoms with Crippen molar-refractivity contribution in [1.29, 1.82) is 0 Å². The van der Waals surface area contributed by atoms with Gasteiger partial charge in [-0.25, -0.2) is 0 Å². The summed E-state index contributed by atoms with van der Waals surface area (Å²) < 4.78 is 38.6. The third-order valence-electron chi connectivity index (χ3n) is 3.13. The third kappa shape index (κ3) is 4.79. The molecule has 2 rings (SSSR count). The summed E-state index contributed by atoms with van der Waals surface area (Å²) in [4.78, 5) is 11.9. The van der Waals surface area contributed by atoms with Gasteiger partial charge in [0, 0.05) is 13.0 Å². The molecule has 0 aliphatic carbocycles. The van der Waals surface area contributed by atoms with Gasteiger partial charge < -0.3 is 10.6 Å². The van der Waals surface area contributed by atoms with E-state index in [1.165, 1.54) is 18.2 Å². The van der Waals surface area contributed by atoms with Gasteiger partial charge in [0.2, 0.25) is 5.91 Å². The number of halogens is 5. The van der Waals surface area contributed by atoms with Gasteiger partial charge in [-0.15, -0.1) is 0 Å². The molecule has 0 aromatic heterocycles. The van der Waals surface area contributed by atoms with Crippen LogP contribution in [0.4, 0.5) is 24.5 Å². The number of carbonyl (C=O) groups is 1. The Hall–Kier alpha value is -1.92. The van der Waals surface area contributed by atoms with Crippen LogP contribution >= 0.6 is 23.2 Å². The van der Waals surface area contributed by atoms with Crippen molar-refractivity contribution in [1.82, 2.24) is 0 Å². The van der Waals surface area contributed by atoms with E-state index in [0.717, 1.165) is 6.07 Å². The highest BCUT2D eigenvalue weighted by atomic mass is 35.5. The highest BCUT2D eigenvalue weighted by Crippen LogP contribution is 2.34. The predicted octanol–water partition coefficient (Wildman–Crippen LogP) is 5.45. The normalized spacial score (nSPS) is 11.2. The van der Waals surface area contributed by atoms with Gasteiger partial charge in [0.05, 0.1) is 27.0 Å². The van der Waals surface area contributed by atoms with Crippen LogP contribution in [0.25, 0.3) is 0 Å². The van der Waals surface area contributed by atoms with Gasteiger partial charge in [-0.3, -0.25) is 4.79 Å². The summed E-state index contributed by atoms with van der Waals surface area (Å²) in [7, 11) is 0. The van der Waals surface area contributed by atoms with E-state index in [0.29, 0.717) is 15.7 Å². The van der Waals surface area contributed by atoms with Crippen LogP contribution in [-0.2, 0) is 11.0 Å². The highest BCUT2D eigenvalue weighted by Gasteiger charge is 2.33. The van der Waals surface area contributed by atoms with Gasteiger partial charge in [0.1, 0.15) is 0 Å². The van der Waals surface area contributed by atoms with Crippen molar-refractivity contribution in [2.45, 2.75) is 12.6 Å². The predicted molar refractivity (Wildman–Crippen MR) is 89.6 cm³/mol. The average molecular weight is 377 g/mol. The zero-order valence-electron chi connectivity index (χ0n) is 12.3. The lowest BCUT2D eigenvalue weighted by Crippen LogP contribution is -2.19. The minimum atomic E-state index is -4.53. The van der Waals surface area contributed by atoms with Crippen LogP contribution < -0.4 is 10.6 Å². The minimum absolute atomic E-state index is 0.0327. The summed E-state index contributed by atoms with van der Waals surface area (Å²) in [5, 5.41) is 5.87. The highest BCUT2D eigenvalue weighted by molar-refractivity contribution is 6.43. The first-order chi connectivity index (χ1) is 11.3. The molecule has 0 spiro atoms. The van der Waals surface area contributed by atoms with Gasteiger partial charge >= 0.3 is 6.18 Å². The van der Waals surface area contributed by atoms with Gasteiger partial charge in [-0.1, -0.05) is 41.4 Å². The summed E-state index contributed by atoms with van der Waals surface area (Å²) in [6.45, 7) is 0.195. The molecule has 24 heavy (non-hydrogen) atoms. The molecule has 0 bridgehead atoms. The molecule has 0 aliphatic heterocycles. The SMILES string of the molecule is O=C(CCNc1cccc(Cl)c1Cl)Nc1ccccc1C(F)(F)F. The molecule has 0 fully saturated rings. The molecular formula is C16H13Cl2F3N2O. The fourth-order valence-electron chi connectivity index (χ4n) is 2.00. The molecule has 0 heterocycles. The van der Waals surface area contributed by atoms with Crippen molar-refractivity contribution >= 4 is 40.5 Å². The zero-order valence-corrected chi connectivity index (χ0v) is 13.8. The number of benzene rings is 2. The number of nitrogens with one attached hydrogen (secondary N) is 2. The summed E-state index contributed by atoms with van der Waals surface area (Å²) in [5.74, 6) is -0.544. The second-order valence-electron chi connectivity index (χ2n) is 4.87. The van der Waals surface area contributed by atoms with Crippen LogP contribution in [0.2, 0.25) is 10.0 Å². The lowest BCUT2D eigenvalue weighted by molar-refractivity contribution is -0.137. The quantitative estimate of drug-likeness (QED) is 0.727. The van der Waals surface area contributed by atoms with Crippen LogP contribution in [0.5, 0.6) is 0 Å². The van der Waals surface area contributed by atoms with Crippen molar-refractivity contribution in [3.8, 4) is 0 Å². The molecule has 0 aliphatic rings. The van der Waals surface area contributed by atoms with Crippen molar-refractivity contribution in [3.63, 3.8) is 0 Å². The van der Waals surface area contributed by atoms with Crippen LogP contribution in [-0.4, -0.2) is 12.5 Å². The number of rotatable bonds is 5. The third-order valence-corrected chi connectivity index (χ3v) is 3.94. The number of hydrogen-bond donors (Lipinski definition) is 2. The van der Waals surface area contributed by atoms with E-state index in [2.05, 4.69) is 10.6 Å². The second kappa shape index (κ2) is 7.77. The van der Waals surface area contributed by atoms with Crippen LogP contribution in [0, 0.1) is 0 Å². The molecule has 8 heteroatoms.